The van der Waals surface area contributed by atoms with Gasteiger partial charge in [0, 0.05) is 6.54 Å². The van der Waals surface area contributed by atoms with E-state index >= 15 is 0 Å². The molecule has 3 rings (SSSR count). The molecular formula is C17H18N2O5. The Bertz CT molecular complexity index is 755. The number of rotatable bonds is 5. The van der Waals surface area contributed by atoms with E-state index in [1.165, 1.54) is 0 Å². The molecule has 0 amide bonds. The molecule has 7 nitrogen and oxygen atoms in total. The minimum atomic E-state index is -1.10. The van der Waals surface area contributed by atoms with Crippen molar-refractivity contribution in [3.63, 3.8) is 0 Å². The summed E-state index contributed by atoms with van der Waals surface area (Å²) >= 11 is 0. The summed E-state index contributed by atoms with van der Waals surface area (Å²) in [6, 6.07) is 7.04. The Hall–Kier alpha value is -2.67. The number of likely N-dealkylation sites (tertiary alicyclic amines) is 1. The maximum atomic E-state index is 11.1. The molecule has 0 aliphatic carbocycles. The minimum Gasteiger partial charge on any atom is -0.478 e. The summed E-state index contributed by atoms with van der Waals surface area (Å²) in [6.45, 7) is 2.08. The number of benzene rings is 1. The second-order valence-electron chi connectivity index (χ2n) is 5.94. The van der Waals surface area contributed by atoms with Gasteiger partial charge in [0.1, 0.15) is 6.26 Å². The average Bonchev–Trinajstić information content (AvgIpc) is 3.04. The molecule has 1 aromatic carbocycles. The number of carboxylic acids is 2. The van der Waals surface area contributed by atoms with Crippen molar-refractivity contribution in [1.29, 1.82) is 0 Å². The Morgan fingerprint density at radius 2 is 2.12 bits per heavy atom. The van der Waals surface area contributed by atoms with E-state index in [-0.39, 0.29) is 11.6 Å². The molecule has 0 saturated carbocycles. The van der Waals surface area contributed by atoms with Gasteiger partial charge >= 0.3 is 11.9 Å². The second kappa shape index (κ2) is 6.84. The largest absolute Gasteiger partial charge is 0.478 e. The van der Waals surface area contributed by atoms with Crippen LogP contribution < -0.4 is 0 Å². The smallest absolute Gasteiger partial charge is 0.357 e. The van der Waals surface area contributed by atoms with Gasteiger partial charge in [-0.25, -0.2) is 14.6 Å². The first-order chi connectivity index (χ1) is 11.5. The van der Waals surface area contributed by atoms with Crippen molar-refractivity contribution in [2.45, 2.75) is 25.3 Å². The van der Waals surface area contributed by atoms with Gasteiger partial charge in [0.2, 0.25) is 5.89 Å². The van der Waals surface area contributed by atoms with Gasteiger partial charge in [0.15, 0.2) is 5.69 Å². The first-order valence-electron chi connectivity index (χ1n) is 7.76. The van der Waals surface area contributed by atoms with Crippen LogP contribution in [0.5, 0.6) is 0 Å². The van der Waals surface area contributed by atoms with E-state index in [1.807, 2.05) is 6.07 Å². The van der Waals surface area contributed by atoms with Crippen LogP contribution in [0.3, 0.4) is 0 Å². The lowest BCUT2D eigenvalue weighted by molar-refractivity contribution is 0.0682. The minimum absolute atomic E-state index is 0.0901. The molecule has 0 radical (unpaired) electrons. The highest BCUT2D eigenvalue weighted by molar-refractivity contribution is 5.87. The first-order valence-corrected chi connectivity index (χ1v) is 7.76. The van der Waals surface area contributed by atoms with Gasteiger partial charge in [-0.05, 0) is 43.0 Å². The molecule has 7 heteroatoms. The molecule has 0 bridgehead atoms. The molecule has 2 heterocycles. The number of oxazole rings is 1. The number of hydrogen-bond donors (Lipinski definition) is 2. The molecule has 1 atom stereocenters. The predicted molar refractivity (Wildman–Crippen MR) is 84.1 cm³/mol. The highest BCUT2D eigenvalue weighted by Gasteiger charge is 2.23. The third kappa shape index (κ3) is 3.62. The Morgan fingerprint density at radius 1 is 1.29 bits per heavy atom. The van der Waals surface area contributed by atoms with Crippen molar-refractivity contribution < 1.29 is 24.2 Å². The number of hydrogen-bond acceptors (Lipinski definition) is 5. The zero-order valence-corrected chi connectivity index (χ0v) is 13.0. The fourth-order valence-electron chi connectivity index (χ4n) is 3.07. The van der Waals surface area contributed by atoms with E-state index in [0.717, 1.165) is 37.8 Å². The van der Waals surface area contributed by atoms with Crippen LogP contribution >= 0.6 is 0 Å². The summed E-state index contributed by atoms with van der Waals surface area (Å²) in [5.74, 6) is -1.41. The zero-order chi connectivity index (χ0) is 17.1. The lowest BCUT2D eigenvalue weighted by Gasteiger charge is -2.32. The van der Waals surface area contributed by atoms with E-state index in [0.29, 0.717) is 18.0 Å². The van der Waals surface area contributed by atoms with Crippen molar-refractivity contribution in [3.05, 3.63) is 53.2 Å². The van der Waals surface area contributed by atoms with Gasteiger partial charge < -0.3 is 14.6 Å². The molecule has 1 aromatic heterocycles. The molecular weight excluding hydrogens is 312 g/mol. The summed E-state index contributed by atoms with van der Waals surface area (Å²) in [5, 5.41) is 18.0. The SMILES string of the molecule is O=C(O)c1cccc([C@H]2CCCN(Cc3nc(C(=O)O)co3)C2)c1. The number of nitrogens with zero attached hydrogens (tertiary/aromatic N) is 2. The topological polar surface area (TPSA) is 104 Å². The van der Waals surface area contributed by atoms with Crippen LogP contribution in [0.15, 0.2) is 34.9 Å². The fourth-order valence-corrected chi connectivity index (χ4v) is 3.07. The Labute approximate surface area is 138 Å². The van der Waals surface area contributed by atoms with Crippen molar-refractivity contribution in [1.82, 2.24) is 9.88 Å². The van der Waals surface area contributed by atoms with E-state index < -0.39 is 11.9 Å². The van der Waals surface area contributed by atoms with E-state index in [2.05, 4.69) is 9.88 Å². The fraction of sp³-hybridized carbons (Fsp3) is 0.353. The van der Waals surface area contributed by atoms with E-state index in [1.54, 1.807) is 18.2 Å². The summed E-state index contributed by atoms with van der Waals surface area (Å²) in [5.41, 5.74) is 1.22. The lowest BCUT2D eigenvalue weighted by atomic mass is 9.89. The van der Waals surface area contributed by atoms with Gasteiger partial charge in [-0.3, -0.25) is 4.90 Å². The number of aromatic nitrogens is 1. The van der Waals surface area contributed by atoms with Crippen LogP contribution in [0.25, 0.3) is 0 Å². The quantitative estimate of drug-likeness (QED) is 0.867. The number of aromatic carboxylic acids is 2. The summed E-state index contributed by atoms with van der Waals surface area (Å²) in [6.07, 6.45) is 3.12. The average molecular weight is 330 g/mol. The zero-order valence-electron chi connectivity index (χ0n) is 13.0. The van der Waals surface area contributed by atoms with Crippen LogP contribution in [-0.2, 0) is 6.54 Å². The molecule has 2 N–H and O–H groups in total. The molecule has 1 saturated heterocycles. The maximum absolute atomic E-state index is 11.1. The Balaban J connectivity index is 1.68. The third-order valence-corrected chi connectivity index (χ3v) is 4.24. The standard InChI is InChI=1S/C17H18N2O5/c20-16(21)12-4-1-3-11(7-12)13-5-2-6-19(8-13)9-15-18-14(10-24-15)17(22)23/h1,3-4,7,10,13H,2,5-6,8-9H2,(H,20,21)(H,22,23)/t13-/m0/s1. The molecule has 0 spiro atoms. The summed E-state index contributed by atoms with van der Waals surface area (Å²) in [4.78, 5) is 28.1. The first kappa shape index (κ1) is 16.2. The molecule has 24 heavy (non-hydrogen) atoms. The number of carboxylic acid groups (broad SMARTS) is 2. The van der Waals surface area contributed by atoms with Crippen molar-refractivity contribution >= 4 is 11.9 Å². The lowest BCUT2D eigenvalue weighted by Crippen LogP contribution is -2.34. The molecule has 1 aliphatic rings. The maximum Gasteiger partial charge on any atom is 0.357 e. The van der Waals surface area contributed by atoms with Gasteiger partial charge in [0.25, 0.3) is 0 Å². The Morgan fingerprint density at radius 3 is 2.83 bits per heavy atom. The second-order valence-corrected chi connectivity index (χ2v) is 5.94. The van der Waals surface area contributed by atoms with E-state index in [4.69, 9.17) is 14.6 Å². The summed E-state index contributed by atoms with van der Waals surface area (Å²) < 4.78 is 5.21. The Kier molecular flexibility index (Phi) is 4.61. The molecule has 1 fully saturated rings. The normalized spacial score (nSPS) is 18.4. The van der Waals surface area contributed by atoms with Crippen molar-refractivity contribution in [2.24, 2.45) is 0 Å². The van der Waals surface area contributed by atoms with Crippen molar-refractivity contribution in [3.8, 4) is 0 Å². The van der Waals surface area contributed by atoms with Crippen LogP contribution in [0.2, 0.25) is 0 Å². The van der Waals surface area contributed by atoms with Crippen LogP contribution in [-0.4, -0.2) is 45.1 Å². The van der Waals surface area contributed by atoms with Crippen LogP contribution in [0.4, 0.5) is 0 Å². The van der Waals surface area contributed by atoms with Gasteiger partial charge in [-0.1, -0.05) is 12.1 Å². The van der Waals surface area contributed by atoms with Crippen molar-refractivity contribution in [2.75, 3.05) is 13.1 Å². The van der Waals surface area contributed by atoms with E-state index in [9.17, 15) is 9.59 Å². The van der Waals surface area contributed by atoms with Gasteiger partial charge in [0.05, 0.1) is 12.1 Å². The van der Waals surface area contributed by atoms with Crippen LogP contribution in [0, 0.1) is 0 Å². The predicted octanol–water partition coefficient (Wildman–Crippen LogP) is 2.45. The van der Waals surface area contributed by atoms with Gasteiger partial charge in [-0.15, -0.1) is 0 Å². The van der Waals surface area contributed by atoms with Crippen LogP contribution in [0.1, 0.15) is 51.1 Å². The molecule has 2 aromatic rings. The number of carbonyl (C=O) groups is 2. The summed E-state index contributed by atoms with van der Waals surface area (Å²) in [7, 11) is 0. The van der Waals surface area contributed by atoms with Gasteiger partial charge in [-0.2, -0.15) is 0 Å². The highest BCUT2D eigenvalue weighted by Crippen LogP contribution is 2.28. The highest BCUT2D eigenvalue weighted by atomic mass is 16.4. The number of piperidine rings is 1. The third-order valence-electron chi connectivity index (χ3n) is 4.24. The molecule has 126 valence electrons. The molecule has 1 aliphatic heterocycles. The monoisotopic (exact) mass is 330 g/mol. The molecule has 0 unspecified atom stereocenters.